The van der Waals surface area contributed by atoms with Gasteiger partial charge in [-0.2, -0.15) is 18.3 Å². The molecule has 9 nitrogen and oxygen atoms in total. The quantitative estimate of drug-likeness (QED) is 0.408. The van der Waals surface area contributed by atoms with Crippen molar-refractivity contribution in [1.29, 1.82) is 0 Å². The number of pyridine rings is 1. The van der Waals surface area contributed by atoms with Crippen molar-refractivity contribution in [2.75, 3.05) is 17.6 Å². The molecule has 2 aromatic heterocycles. The first-order valence-corrected chi connectivity index (χ1v) is 10.1. The lowest BCUT2D eigenvalue weighted by atomic mass is 9.93. The smallest absolute Gasteiger partial charge is 0.416 e. The zero-order valence-corrected chi connectivity index (χ0v) is 17.2. The number of nitrogens with two attached hydrogens (primary N) is 1. The zero-order valence-electron chi connectivity index (χ0n) is 20.2. The fourth-order valence-corrected chi connectivity index (χ4v) is 4.42. The highest BCUT2D eigenvalue weighted by molar-refractivity contribution is 6.40. The summed E-state index contributed by atoms with van der Waals surface area (Å²) in [6.45, 7) is -2.66. The molecule has 34 heavy (non-hydrogen) atoms. The van der Waals surface area contributed by atoms with Crippen molar-refractivity contribution in [3.8, 4) is 5.75 Å². The Morgan fingerprint density at radius 2 is 2.12 bits per heavy atom. The van der Waals surface area contributed by atoms with E-state index in [9.17, 15) is 27.2 Å². The third-order valence-electron chi connectivity index (χ3n) is 5.91. The van der Waals surface area contributed by atoms with Gasteiger partial charge in [0.15, 0.2) is 0 Å². The number of nitrogens with zero attached hydrogens (tertiary/aromatic N) is 4. The summed E-state index contributed by atoms with van der Waals surface area (Å²) in [5, 5.41) is 6.25. The minimum absolute atomic E-state index is 0.0308. The third kappa shape index (κ3) is 3.38. The van der Waals surface area contributed by atoms with Crippen LogP contribution in [0.25, 0.3) is 10.9 Å². The number of piperidine rings is 1. The number of hydrogen-bond acceptors (Lipinski definition) is 6. The van der Waals surface area contributed by atoms with Crippen molar-refractivity contribution < 1.29 is 36.0 Å². The van der Waals surface area contributed by atoms with Crippen LogP contribution in [0.5, 0.6) is 5.75 Å². The largest absolute Gasteiger partial charge is 0.487 e. The van der Waals surface area contributed by atoms with Crippen LogP contribution in [0.3, 0.4) is 0 Å². The molecule has 2 atom stereocenters. The number of carbonyl (C=O) groups excluding carboxylic acids is 2. The number of nitrogens with one attached hydrogen (secondary N) is 1. The van der Waals surface area contributed by atoms with Gasteiger partial charge in [0.1, 0.15) is 35.0 Å². The molecule has 1 aromatic carbocycles. The molecule has 5 rings (SSSR count). The number of halogens is 4. The maximum atomic E-state index is 14.9. The number of hydrogen-bond donors (Lipinski definition) is 2. The number of aromatic nitrogens is 3. The van der Waals surface area contributed by atoms with Crippen LogP contribution in [0.1, 0.15) is 34.1 Å². The van der Waals surface area contributed by atoms with Gasteiger partial charge < -0.3 is 20.7 Å². The Kier molecular flexibility index (Phi) is 4.12. The molecular weight excluding hydrogens is 460 g/mol. The summed E-state index contributed by atoms with van der Waals surface area (Å²) in [6, 6.07) is -0.0905. The Balaban J connectivity index is 1.45. The van der Waals surface area contributed by atoms with Gasteiger partial charge in [-0.1, -0.05) is 0 Å². The molecule has 4 heterocycles. The SMILES string of the molecule is [2H]C([2H])([2H])n1ncc2c(NC(=O)C(=O)N3CCC[C@@H]4Oc5cc(C(F)(F)F)cc(F)c5[C@@H]43)cnc(N)c21. The van der Waals surface area contributed by atoms with E-state index in [4.69, 9.17) is 14.6 Å². The normalized spacial score (nSPS) is 21.2. The van der Waals surface area contributed by atoms with E-state index in [-0.39, 0.29) is 40.3 Å². The molecule has 178 valence electrons. The maximum absolute atomic E-state index is 14.9. The van der Waals surface area contributed by atoms with Gasteiger partial charge >= 0.3 is 18.0 Å². The van der Waals surface area contributed by atoms with Gasteiger partial charge in [-0.05, 0) is 25.0 Å². The summed E-state index contributed by atoms with van der Waals surface area (Å²) in [6.07, 6.45) is -2.66. The van der Waals surface area contributed by atoms with Crippen LogP contribution in [-0.4, -0.2) is 44.1 Å². The number of anilines is 2. The summed E-state index contributed by atoms with van der Waals surface area (Å²) in [5.74, 6) is -3.93. The lowest BCUT2D eigenvalue weighted by Crippen LogP contribution is -2.48. The van der Waals surface area contributed by atoms with Gasteiger partial charge in [-0.3, -0.25) is 14.3 Å². The van der Waals surface area contributed by atoms with E-state index in [1.54, 1.807) is 0 Å². The Labute approximate surface area is 193 Å². The highest BCUT2D eigenvalue weighted by Crippen LogP contribution is 2.47. The lowest BCUT2D eigenvalue weighted by molar-refractivity contribution is -0.147. The molecule has 0 saturated carbocycles. The number of fused-ring (bicyclic) bond motifs is 4. The number of alkyl halides is 3. The standard InChI is InChI=1S/C21H18F4N6O3/c1-30-16-10(7-28-30)12(8-27-18(16)26)29-19(32)20(33)31-4-2-3-13-17(31)15-11(22)5-9(21(23,24)25)6-14(15)34-13/h5-8,13,17H,2-4H2,1H3,(H2,26,27)(H,29,32)/t13-,17+/m0/s1/i1D3. The molecule has 1 saturated heterocycles. The maximum Gasteiger partial charge on any atom is 0.416 e. The zero-order chi connectivity index (χ0) is 26.9. The average Bonchev–Trinajstić information content (AvgIpc) is 3.42. The number of carbonyl (C=O) groups is 2. The number of nitrogen functional groups attached to an aromatic ring is 1. The Morgan fingerprint density at radius 3 is 2.85 bits per heavy atom. The molecule has 0 radical (unpaired) electrons. The molecule has 0 unspecified atom stereocenters. The Morgan fingerprint density at radius 1 is 1.32 bits per heavy atom. The minimum Gasteiger partial charge on any atom is -0.487 e. The first-order valence-electron chi connectivity index (χ1n) is 11.6. The van der Waals surface area contributed by atoms with E-state index >= 15 is 0 Å². The van der Waals surface area contributed by atoms with Gasteiger partial charge in [0, 0.05) is 23.0 Å². The summed E-state index contributed by atoms with van der Waals surface area (Å²) in [7, 11) is 0. The molecule has 3 N–H and O–H groups in total. The van der Waals surface area contributed by atoms with Gasteiger partial charge in [0.05, 0.1) is 29.2 Å². The van der Waals surface area contributed by atoms with Crippen LogP contribution >= 0.6 is 0 Å². The van der Waals surface area contributed by atoms with Crippen LogP contribution in [0.2, 0.25) is 0 Å². The number of likely N-dealkylation sites (tertiary alicyclic amines) is 1. The summed E-state index contributed by atoms with van der Waals surface area (Å²) < 4.78 is 83.2. The predicted octanol–water partition coefficient (Wildman–Crippen LogP) is 2.77. The molecule has 2 aliphatic rings. The number of rotatable bonds is 1. The Hall–Kier alpha value is -3.90. The molecule has 2 amide bonds. The van der Waals surface area contributed by atoms with Crippen LogP contribution in [-0.2, 0) is 22.7 Å². The van der Waals surface area contributed by atoms with Crippen molar-refractivity contribution in [3.63, 3.8) is 0 Å². The van der Waals surface area contributed by atoms with Crippen molar-refractivity contribution in [3.05, 3.63) is 41.5 Å². The fraction of sp³-hybridized carbons (Fsp3) is 0.333. The van der Waals surface area contributed by atoms with E-state index in [2.05, 4.69) is 15.4 Å². The summed E-state index contributed by atoms with van der Waals surface area (Å²) in [5.41, 5.74) is 4.22. The summed E-state index contributed by atoms with van der Waals surface area (Å²) >= 11 is 0. The van der Waals surface area contributed by atoms with Crippen molar-refractivity contribution in [2.24, 2.45) is 6.98 Å². The molecule has 0 bridgehead atoms. The van der Waals surface area contributed by atoms with E-state index in [1.807, 2.05) is 0 Å². The fourth-order valence-electron chi connectivity index (χ4n) is 4.42. The minimum atomic E-state index is -4.80. The van der Waals surface area contributed by atoms with Crippen molar-refractivity contribution in [2.45, 2.75) is 31.2 Å². The second kappa shape index (κ2) is 7.57. The Bertz CT molecular complexity index is 1440. The topological polar surface area (TPSA) is 115 Å². The van der Waals surface area contributed by atoms with Crippen molar-refractivity contribution in [1.82, 2.24) is 19.7 Å². The van der Waals surface area contributed by atoms with Crippen LogP contribution < -0.4 is 15.8 Å². The van der Waals surface area contributed by atoms with E-state index in [1.165, 1.54) is 0 Å². The average molecular weight is 481 g/mol. The van der Waals surface area contributed by atoms with Gasteiger partial charge in [-0.15, -0.1) is 0 Å². The van der Waals surface area contributed by atoms with E-state index < -0.39 is 48.5 Å². The van der Waals surface area contributed by atoms with Crippen molar-refractivity contribution >= 4 is 34.2 Å². The van der Waals surface area contributed by atoms with Gasteiger partial charge in [-0.25, -0.2) is 9.37 Å². The number of amides is 2. The third-order valence-corrected chi connectivity index (χ3v) is 5.91. The molecule has 0 aliphatic carbocycles. The number of benzene rings is 1. The van der Waals surface area contributed by atoms with Crippen LogP contribution in [0, 0.1) is 5.82 Å². The molecular formula is C21H18F4N6O3. The predicted molar refractivity (Wildman–Crippen MR) is 111 cm³/mol. The number of ether oxygens (including phenoxy) is 1. The second-order valence-corrected chi connectivity index (χ2v) is 7.94. The monoisotopic (exact) mass is 481 g/mol. The molecule has 0 spiro atoms. The van der Waals surface area contributed by atoms with Crippen LogP contribution in [0.15, 0.2) is 24.5 Å². The second-order valence-electron chi connectivity index (χ2n) is 7.94. The lowest BCUT2D eigenvalue weighted by Gasteiger charge is -2.36. The van der Waals surface area contributed by atoms with E-state index in [0.29, 0.717) is 29.7 Å². The highest BCUT2D eigenvalue weighted by Gasteiger charge is 2.47. The first kappa shape index (κ1) is 18.5. The molecule has 13 heteroatoms. The molecule has 1 fully saturated rings. The van der Waals surface area contributed by atoms with Gasteiger partial charge in [0.25, 0.3) is 0 Å². The highest BCUT2D eigenvalue weighted by atomic mass is 19.4. The van der Waals surface area contributed by atoms with E-state index in [0.717, 1.165) is 17.3 Å². The van der Waals surface area contributed by atoms with Gasteiger partial charge in [0.2, 0.25) is 0 Å². The molecule has 3 aromatic rings. The molecule has 2 aliphatic heterocycles. The van der Waals surface area contributed by atoms with Crippen LogP contribution in [0.4, 0.5) is 29.1 Å². The first-order chi connectivity index (χ1) is 17.3. The number of aryl methyl sites for hydroxylation is 1. The summed E-state index contributed by atoms with van der Waals surface area (Å²) in [4.78, 5) is 31.0.